The summed E-state index contributed by atoms with van der Waals surface area (Å²) in [6.45, 7) is 8.26. The summed E-state index contributed by atoms with van der Waals surface area (Å²) in [5.41, 5.74) is 2.55. The largest absolute Gasteiger partial charge is 1.00 e. The molecule has 0 aliphatic heterocycles. The Kier molecular flexibility index (Phi) is 21.9. The smallest absolute Gasteiger partial charge is 0.747 e. The predicted molar refractivity (Wildman–Crippen MR) is 159 cm³/mol. The Labute approximate surface area is 269 Å². The summed E-state index contributed by atoms with van der Waals surface area (Å²) in [4.78, 5) is 24.1. The van der Waals surface area contributed by atoms with E-state index in [-0.39, 0.29) is 54.6 Å². The van der Waals surface area contributed by atoms with Crippen LogP contribution in [0.2, 0.25) is 0 Å². The summed E-state index contributed by atoms with van der Waals surface area (Å²) in [5, 5.41) is -2.06. The van der Waals surface area contributed by atoms with Crippen molar-refractivity contribution in [2.75, 3.05) is 13.2 Å². The van der Waals surface area contributed by atoms with Crippen LogP contribution in [0.1, 0.15) is 85.5 Å². The quantitative estimate of drug-likeness (QED) is 0.153. The molecule has 0 saturated heterocycles. The van der Waals surface area contributed by atoms with Crippen molar-refractivity contribution in [3.05, 3.63) is 60.7 Å². The third-order valence-electron chi connectivity index (χ3n) is 6.87. The number of benzene rings is 2. The van der Waals surface area contributed by atoms with Gasteiger partial charge in [0, 0.05) is 0 Å². The van der Waals surface area contributed by atoms with Gasteiger partial charge in [-0.1, -0.05) is 127 Å². The average molecular weight is 599 g/mol. The molecule has 9 heteroatoms. The summed E-state index contributed by atoms with van der Waals surface area (Å²) in [7, 11) is -5.01. The zero-order valence-corrected chi connectivity index (χ0v) is 28.4. The Hall–Kier alpha value is -1.71. The first-order valence-electron chi connectivity index (χ1n) is 14.5. The first-order valence-corrected chi connectivity index (χ1v) is 16.0. The molecule has 0 bridgehead atoms. The van der Waals surface area contributed by atoms with Gasteiger partial charge in [0.05, 0.1) is 19.6 Å². The normalized spacial score (nSPS) is 13.0. The van der Waals surface area contributed by atoms with Gasteiger partial charge in [0.15, 0.2) is 5.25 Å². The Bertz CT molecular complexity index is 1020. The summed E-state index contributed by atoms with van der Waals surface area (Å²) in [6, 6.07) is 20.8. The maximum absolute atomic E-state index is 12.1. The molecule has 3 unspecified atom stereocenters. The number of ether oxygens (including phenoxy) is 2. The van der Waals surface area contributed by atoms with E-state index in [1.165, 1.54) is 11.1 Å². The fraction of sp³-hybridized carbons (Fsp3) is 0.562. The predicted octanol–water partition coefficient (Wildman–Crippen LogP) is 4.17. The van der Waals surface area contributed by atoms with Crippen LogP contribution in [0.3, 0.4) is 0 Å². The fourth-order valence-corrected chi connectivity index (χ4v) is 4.72. The minimum atomic E-state index is -5.01. The molecule has 0 aliphatic carbocycles. The number of hydrogen-bond donors (Lipinski definition) is 0. The van der Waals surface area contributed by atoms with Crippen molar-refractivity contribution in [2.24, 2.45) is 11.8 Å². The van der Waals surface area contributed by atoms with Gasteiger partial charge in [-0.25, -0.2) is 8.42 Å². The molecule has 0 aromatic heterocycles. The van der Waals surface area contributed by atoms with Gasteiger partial charge in [-0.3, -0.25) is 9.59 Å². The SMILES string of the molecule is CCCCC(CC)COC(=O)CC(C(=O)OCC(CC)CCCC)S(=O)(=O)[O-].[Na+].c1ccc(-c2ccccc2)cc1. The van der Waals surface area contributed by atoms with Crippen LogP contribution in [0.15, 0.2) is 60.7 Å². The summed E-state index contributed by atoms with van der Waals surface area (Å²) in [5.74, 6) is -1.74. The van der Waals surface area contributed by atoms with Crippen molar-refractivity contribution in [3.8, 4) is 11.1 Å². The first kappa shape index (κ1) is 39.3. The summed E-state index contributed by atoms with van der Waals surface area (Å²) in [6.07, 6.45) is 6.58. The molecule has 0 aliphatic rings. The second-order valence-corrected chi connectivity index (χ2v) is 11.6. The van der Waals surface area contributed by atoms with E-state index in [1.54, 1.807) is 0 Å². The third kappa shape index (κ3) is 17.1. The second-order valence-electron chi connectivity index (χ2n) is 10.1. The van der Waals surface area contributed by atoms with Crippen molar-refractivity contribution in [1.29, 1.82) is 0 Å². The molecule has 41 heavy (non-hydrogen) atoms. The average Bonchev–Trinajstić information content (AvgIpc) is 2.96. The number of rotatable bonds is 17. The monoisotopic (exact) mass is 598 g/mol. The van der Waals surface area contributed by atoms with E-state index >= 15 is 0 Å². The van der Waals surface area contributed by atoms with Crippen LogP contribution in [0, 0.1) is 11.8 Å². The molecule has 0 fully saturated rings. The first-order chi connectivity index (χ1) is 19.2. The third-order valence-corrected chi connectivity index (χ3v) is 7.93. The molecular formula is C32H47NaO7S. The van der Waals surface area contributed by atoms with Gasteiger partial charge in [0.25, 0.3) is 0 Å². The number of carbonyl (C=O) groups excluding carboxylic acids is 2. The molecule has 2 aromatic carbocycles. The van der Waals surface area contributed by atoms with Gasteiger partial charge in [0.2, 0.25) is 0 Å². The van der Waals surface area contributed by atoms with E-state index in [2.05, 4.69) is 62.4 Å². The van der Waals surface area contributed by atoms with Gasteiger partial charge in [0.1, 0.15) is 10.1 Å². The fourth-order valence-electron chi connectivity index (χ4n) is 4.07. The van der Waals surface area contributed by atoms with E-state index in [1.807, 2.05) is 26.0 Å². The molecule has 2 rings (SSSR count). The topological polar surface area (TPSA) is 110 Å². The van der Waals surface area contributed by atoms with E-state index in [0.717, 1.165) is 51.4 Å². The van der Waals surface area contributed by atoms with Crippen molar-refractivity contribution in [1.82, 2.24) is 0 Å². The van der Waals surface area contributed by atoms with Crippen molar-refractivity contribution in [2.45, 2.75) is 90.7 Å². The zero-order valence-electron chi connectivity index (χ0n) is 25.5. The molecule has 224 valence electrons. The molecule has 2 aromatic rings. The molecule has 3 atom stereocenters. The van der Waals surface area contributed by atoms with Crippen LogP contribution in [0.4, 0.5) is 0 Å². The van der Waals surface area contributed by atoms with Gasteiger partial charge >= 0.3 is 41.5 Å². The molecule has 0 amide bonds. The van der Waals surface area contributed by atoms with Gasteiger partial charge in [-0.15, -0.1) is 0 Å². The van der Waals surface area contributed by atoms with Crippen LogP contribution < -0.4 is 29.6 Å². The maximum atomic E-state index is 12.1. The van der Waals surface area contributed by atoms with Crippen LogP contribution >= 0.6 is 0 Å². The molecule has 0 N–H and O–H groups in total. The summed E-state index contributed by atoms with van der Waals surface area (Å²) >= 11 is 0. The molecule has 0 spiro atoms. The standard InChI is InChI=1S/C20H38O7S.C12H10.Na/c1-5-9-11-16(7-3)14-26-19(21)13-18(28(23,24)25)20(22)27-15-17(8-4)12-10-6-2;1-3-7-11(8-4-1)12-9-5-2-6-10-12;/h16-18H,5-15H2,1-4H3,(H,23,24,25);1-10H;/q;;+1/p-1. The molecule has 7 nitrogen and oxygen atoms in total. The Morgan fingerprint density at radius 1 is 0.732 bits per heavy atom. The van der Waals surface area contributed by atoms with Crippen LogP contribution in [0.5, 0.6) is 0 Å². The number of unbranched alkanes of at least 4 members (excludes halogenated alkanes) is 2. The van der Waals surface area contributed by atoms with Crippen LogP contribution in [-0.4, -0.2) is 43.4 Å². The van der Waals surface area contributed by atoms with E-state index in [9.17, 15) is 22.6 Å². The Morgan fingerprint density at radius 2 is 1.15 bits per heavy atom. The minimum Gasteiger partial charge on any atom is -0.747 e. The Morgan fingerprint density at radius 3 is 1.51 bits per heavy atom. The number of carbonyl (C=O) groups is 2. The van der Waals surface area contributed by atoms with Gasteiger partial charge < -0.3 is 14.0 Å². The van der Waals surface area contributed by atoms with Gasteiger partial charge in [-0.05, 0) is 35.8 Å². The minimum absolute atomic E-state index is 0. The van der Waals surface area contributed by atoms with Crippen molar-refractivity contribution < 1.29 is 61.6 Å². The Balaban J connectivity index is 0.00000101. The molecule has 0 saturated carbocycles. The maximum Gasteiger partial charge on any atom is 1.00 e. The van der Waals surface area contributed by atoms with Crippen LogP contribution in [0.25, 0.3) is 11.1 Å². The zero-order chi connectivity index (χ0) is 29.8. The molecule has 0 heterocycles. The van der Waals surface area contributed by atoms with E-state index < -0.39 is 33.7 Å². The van der Waals surface area contributed by atoms with Crippen LogP contribution in [-0.2, 0) is 29.2 Å². The number of hydrogen-bond acceptors (Lipinski definition) is 7. The molecule has 0 radical (unpaired) electrons. The second kappa shape index (κ2) is 22.8. The van der Waals surface area contributed by atoms with Crippen molar-refractivity contribution in [3.63, 3.8) is 0 Å². The number of esters is 2. The van der Waals surface area contributed by atoms with E-state index in [4.69, 9.17) is 9.47 Å². The summed E-state index contributed by atoms with van der Waals surface area (Å²) < 4.78 is 44.6. The van der Waals surface area contributed by atoms with E-state index in [0.29, 0.717) is 0 Å². The van der Waals surface area contributed by atoms with Crippen molar-refractivity contribution >= 4 is 22.1 Å². The molecular weight excluding hydrogens is 551 g/mol. The van der Waals surface area contributed by atoms with Gasteiger partial charge in [-0.2, -0.15) is 0 Å².